The van der Waals surface area contributed by atoms with Gasteiger partial charge in [0.1, 0.15) is 0 Å². The molecule has 0 bridgehead atoms. The zero-order chi connectivity index (χ0) is 13.3. The first-order valence-electron chi connectivity index (χ1n) is 6.04. The third-order valence-corrected chi connectivity index (χ3v) is 2.08. The van der Waals surface area contributed by atoms with Crippen LogP contribution in [0.1, 0.15) is 53.4 Å². The van der Waals surface area contributed by atoms with Gasteiger partial charge in [0, 0.05) is 19.4 Å². The fourth-order valence-corrected chi connectivity index (χ4v) is 1.41. The van der Waals surface area contributed by atoms with Crippen molar-refractivity contribution in [1.29, 1.82) is 0 Å². The standard InChI is InChI=1S/C13H22O4/c1-5-7-9-12(8-6-2)13(16-10(3)14)17-11(4)15/h9,13H,5-8H2,1-4H3. The Morgan fingerprint density at radius 1 is 1.06 bits per heavy atom. The molecular weight excluding hydrogens is 220 g/mol. The quantitative estimate of drug-likeness (QED) is 0.391. The van der Waals surface area contributed by atoms with Crippen molar-refractivity contribution in [3.05, 3.63) is 11.6 Å². The molecule has 0 aliphatic carbocycles. The number of carbonyl (C=O) groups is 2. The van der Waals surface area contributed by atoms with Gasteiger partial charge < -0.3 is 9.47 Å². The van der Waals surface area contributed by atoms with Crippen molar-refractivity contribution < 1.29 is 19.1 Å². The highest BCUT2D eigenvalue weighted by Gasteiger charge is 2.19. The Bertz CT molecular complexity index is 265. The summed E-state index contributed by atoms with van der Waals surface area (Å²) in [5.74, 6) is -0.899. The Balaban J connectivity index is 4.77. The number of esters is 2. The molecule has 0 aromatic rings. The van der Waals surface area contributed by atoms with E-state index in [1.807, 2.05) is 13.0 Å². The van der Waals surface area contributed by atoms with E-state index < -0.39 is 18.2 Å². The zero-order valence-electron chi connectivity index (χ0n) is 11.1. The lowest BCUT2D eigenvalue weighted by atomic mass is 10.1. The maximum absolute atomic E-state index is 11.0. The van der Waals surface area contributed by atoms with Gasteiger partial charge in [-0.15, -0.1) is 0 Å². The van der Waals surface area contributed by atoms with Gasteiger partial charge in [0.05, 0.1) is 0 Å². The second kappa shape index (κ2) is 8.79. The van der Waals surface area contributed by atoms with Crippen LogP contribution in [-0.4, -0.2) is 18.2 Å². The Kier molecular flexibility index (Phi) is 8.11. The average molecular weight is 242 g/mol. The Morgan fingerprint density at radius 3 is 1.94 bits per heavy atom. The maximum Gasteiger partial charge on any atom is 0.305 e. The van der Waals surface area contributed by atoms with Crippen molar-refractivity contribution in [2.45, 2.75) is 59.7 Å². The first-order valence-corrected chi connectivity index (χ1v) is 6.04. The van der Waals surface area contributed by atoms with Crippen LogP contribution in [-0.2, 0) is 19.1 Å². The Hall–Kier alpha value is -1.32. The fourth-order valence-electron chi connectivity index (χ4n) is 1.41. The van der Waals surface area contributed by atoms with Gasteiger partial charge in [-0.05, 0) is 12.8 Å². The number of ether oxygens (including phenoxy) is 2. The SMILES string of the molecule is CCCC=C(CCC)C(OC(C)=O)OC(C)=O. The molecule has 0 amide bonds. The van der Waals surface area contributed by atoms with E-state index in [2.05, 4.69) is 6.92 Å². The van der Waals surface area contributed by atoms with Crippen molar-refractivity contribution in [3.8, 4) is 0 Å². The molecule has 0 N–H and O–H groups in total. The number of rotatable bonds is 7. The van der Waals surface area contributed by atoms with Gasteiger partial charge in [0.15, 0.2) is 0 Å². The van der Waals surface area contributed by atoms with E-state index in [1.165, 1.54) is 13.8 Å². The monoisotopic (exact) mass is 242 g/mol. The molecule has 0 fully saturated rings. The summed E-state index contributed by atoms with van der Waals surface area (Å²) in [6.45, 7) is 6.70. The molecule has 0 aliphatic rings. The molecule has 4 heteroatoms. The number of hydrogen-bond acceptors (Lipinski definition) is 4. The third-order valence-electron chi connectivity index (χ3n) is 2.08. The summed E-state index contributed by atoms with van der Waals surface area (Å²) in [4.78, 5) is 22.0. The molecule has 0 aromatic carbocycles. The largest absolute Gasteiger partial charge is 0.421 e. The van der Waals surface area contributed by atoms with Crippen LogP contribution in [0.15, 0.2) is 11.6 Å². The summed E-state index contributed by atoms with van der Waals surface area (Å²) in [7, 11) is 0. The van der Waals surface area contributed by atoms with Crippen LogP contribution < -0.4 is 0 Å². The second-order valence-corrected chi connectivity index (χ2v) is 3.87. The first kappa shape index (κ1) is 15.7. The predicted octanol–water partition coefficient (Wildman–Crippen LogP) is 2.97. The van der Waals surface area contributed by atoms with E-state index >= 15 is 0 Å². The van der Waals surface area contributed by atoms with Crippen LogP contribution in [0.3, 0.4) is 0 Å². The molecule has 0 radical (unpaired) electrons. The molecule has 4 nitrogen and oxygen atoms in total. The van der Waals surface area contributed by atoms with E-state index in [4.69, 9.17) is 9.47 Å². The summed E-state index contributed by atoms with van der Waals surface area (Å²) < 4.78 is 10.0. The van der Waals surface area contributed by atoms with Crippen molar-refractivity contribution in [1.82, 2.24) is 0 Å². The summed E-state index contributed by atoms with van der Waals surface area (Å²) in [5, 5.41) is 0. The highest BCUT2D eigenvalue weighted by atomic mass is 16.7. The van der Waals surface area contributed by atoms with E-state index in [0.717, 1.165) is 31.3 Å². The molecule has 0 atom stereocenters. The second-order valence-electron chi connectivity index (χ2n) is 3.87. The van der Waals surface area contributed by atoms with Gasteiger partial charge in [0.25, 0.3) is 6.29 Å². The minimum Gasteiger partial charge on any atom is -0.421 e. The number of allylic oxidation sites excluding steroid dienone is 1. The lowest BCUT2D eigenvalue weighted by Gasteiger charge is -2.19. The van der Waals surface area contributed by atoms with Crippen LogP contribution in [0.25, 0.3) is 0 Å². The molecule has 0 spiro atoms. The first-order chi connectivity index (χ1) is 8.01. The smallest absolute Gasteiger partial charge is 0.305 e. The van der Waals surface area contributed by atoms with Crippen LogP contribution in [0, 0.1) is 0 Å². The zero-order valence-corrected chi connectivity index (χ0v) is 11.1. The molecule has 0 unspecified atom stereocenters. The van der Waals surface area contributed by atoms with E-state index in [1.54, 1.807) is 0 Å². The molecule has 17 heavy (non-hydrogen) atoms. The van der Waals surface area contributed by atoms with Crippen LogP contribution in [0.5, 0.6) is 0 Å². The van der Waals surface area contributed by atoms with E-state index in [-0.39, 0.29) is 0 Å². The average Bonchev–Trinajstić information content (AvgIpc) is 2.22. The van der Waals surface area contributed by atoms with Crippen LogP contribution in [0.2, 0.25) is 0 Å². The topological polar surface area (TPSA) is 52.6 Å². The molecule has 0 rings (SSSR count). The number of unbranched alkanes of at least 4 members (excludes halogenated alkanes) is 1. The summed E-state index contributed by atoms with van der Waals surface area (Å²) in [6.07, 6.45) is 4.67. The van der Waals surface area contributed by atoms with Gasteiger partial charge in [-0.2, -0.15) is 0 Å². The minimum atomic E-state index is -0.864. The summed E-state index contributed by atoms with van der Waals surface area (Å²) in [6, 6.07) is 0. The van der Waals surface area contributed by atoms with Crippen molar-refractivity contribution in [2.24, 2.45) is 0 Å². The summed E-state index contributed by atoms with van der Waals surface area (Å²) >= 11 is 0. The van der Waals surface area contributed by atoms with Crippen molar-refractivity contribution in [2.75, 3.05) is 0 Å². The molecule has 0 saturated heterocycles. The van der Waals surface area contributed by atoms with Gasteiger partial charge in [-0.3, -0.25) is 9.59 Å². The summed E-state index contributed by atoms with van der Waals surface area (Å²) in [5.41, 5.74) is 0.861. The number of carbonyl (C=O) groups excluding carboxylic acids is 2. The maximum atomic E-state index is 11.0. The highest BCUT2D eigenvalue weighted by Crippen LogP contribution is 2.17. The van der Waals surface area contributed by atoms with E-state index in [9.17, 15) is 9.59 Å². The van der Waals surface area contributed by atoms with Crippen molar-refractivity contribution in [3.63, 3.8) is 0 Å². The van der Waals surface area contributed by atoms with Gasteiger partial charge >= 0.3 is 11.9 Å². The van der Waals surface area contributed by atoms with Gasteiger partial charge in [-0.25, -0.2) is 0 Å². The lowest BCUT2D eigenvalue weighted by Crippen LogP contribution is -2.24. The Labute approximate surface area is 103 Å². The predicted molar refractivity (Wildman–Crippen MR) is 65.2 cm³/mol. The van der Waals surface area contributed by atoms with Crippen LogP contribution in [0.4, 0.5) is 0 Å². The number of hydrogen-bond donors (Lipinski definition) is 0. The van der Waals surface area contributed by atoms with Crippen LogP contribution >= 0.6 is 0 Å². The van der Waals surface area contributed by atoms with Crippen molar-refractivity contribution >= 4 is 11.9 Å². The molecule has 0 saturated carbocycles. The lowest BCUT2D eigenvalue weighted by molar-refractivity contribution is -0.178. The molecule has 98 valence electrons. The highest BCUT2D eigenvalue weighted by molar-refractivity contribution is 5.68. The molecule has 0 heterocycles. The molecular formula is C13H22O4. The van der Waals surface area contributed by atoms with Gasteiger partial charge in [-0.1, -0.05) is 32.8 Å². The minimum absolute atomic E-state index is 0.449. The van der Waals surface area contributed by atoms with Gasteiger partial charge in [0.2, 0.25) is 0 Å². The van der Waals surface area contributed by atoms with E-state index in [0.29, 0.717) is 0 Å². The molecule has 0 aliphatic heterocycles. The fraction of sp³-hybridized carbons (Fsp3) is 0.692. The molecule has 0 aromatic heterocycles. The normalized spacial score (nSPS) is 11.5. The third kappa shape index (κ3) is 7.55. The Morgan fingerprint density at radius 2 is 1.59 bits per heavy atom.